The van der Waals surface area contributed by atoms with Gasteiger partial charge in [0.2, 0.25) is 0 Å². The van der Waals surface area contributed by atoms with Crippen molar-refractivity contribution in [2.75, 3.05) is 12.4 Å². The molecule has 0 spiro atoms. The van der Waals surface area contributed by atoms with E-state index in [1.807, 2.05) is 37.3 Å². The number of amides is 1. The van der Waals surface area contributed by atoms with E-state index >= 15 is 0 Å². The fourth-order valence-corrected chi connectivity index (χ4v) is 2.47. The second-order valence-corrected chi connectivity index (χ2v) is 6.08. The van der Waals surface area contributed by atoms with Crippen LogP contribution in [0.15, 0.2) is 72.8 Å². The standard InChI is InChI=1S/C15H14ClNO2.C7H8O/c1-2-10-4-3-5-13(14(10)18)15(19)17-12-8-6-11(16)7-9-12;1-8-7-5-3-2-4-6-7/h3-9,18H,2H2,1H3,(H,17,19);2-6H,1H3. The van der Waals surface area contributed by atoms with E-state index in [-0.39, 0.29) is 17.2 Å². The van der Waals surface area contributed by atoms with E-state index in [0.29, 0.717) is 17.1 Å². The van der Waals surface area contributed by atoms with E-state index in [0.717, 1.165) is 11.3 Å². The number of methoxy groups -OCH3 is 1. The summed E-state index contributed by atoms with van der Waals surface area (Å²) in [5.74, 6) is 0.610. The minimum atomic E-state index is -0.338. The smallest absolute Gasteiger partial charge is 0.259 e. The molecule has 0 aromatic heterocycles. The van der Waals surface area contributed by atoms with E-state index in [1.54, 1.807) is 49.6 Å². The van der Waals surface area contributed by atoms with Crippen molar-refractivity contribution >= 4 is 23.2 Å². The lowest BCUT2D eigenvalue weighted by atomic mass is 10.1. The lowest BCUT2D eigenvalue weighted by Gasteiger charge is -2.09. The Kier molecular flexibility index (Phi) is 7.71. The second-order valence-electron chi connectivity index (χ2n) is 5.65. The Morgan fingerprint density at radius 3 is 2.22 bits per heavy atom. The van der Waals surface area contributed by atoms with Crippen molar-refractivity contribution < 1.29 is 14.6 Å². The number of nitrogens with one attached hydrogen (secondary N) is 1. The molecule has 140 valence electrons. The Balaban J connectivity index is 0.000000273. The second kappa shape index (κ2) is 10.2. The number of benzene rings is 3. The molecule has 0 atom stereocenters. The number of aromatic hydroxyl groups is 1. The molecule has 0 fully saturated rings. The van der Waals surface area contributed by atoms with Gasteiger partial charge in [0.15, 0.2) is 0 Å². The van der Waals surface area contributed by atoms with Crippen LogP contribution in [0.3, 0.4) is 0 Å². The maximum absolute atomic E-state index is 12.1. The third-order valence-electron chi connectivity index (χ3n) is 3.83. The molecule has 3 aromatic carbocycles. The maximum atomic E-state index is 12.1. The zero-order valence-corrected chi connectivity index (χ0v) is 16.0. The normalized spacial score (nSPS) is 9.74. The number of phenols is 1. The van der Waals surface area contributed by atoms with Crippen molar-refractivity contribution in [1.29, 1.82) is 0 Å². The van der Waals surface area contributed by atoms with Gasteiger partial charge in [0.05, 0.1) is 12.7 Å². The zero-order chi connectivity index (χ0) is 19.6. The number of carbonyl (C=O) groups excluding carboxylic acids is 1. The average molecular weight is 384 g/mol. The highest BCUT2D eigenvalue weighted by Gasteiger charge is 2.13. The first-order chi connectivity index (χ1) is 13.0. The Labute approximate surface area is 164 Å². The molecule has 0 aliphatic carbocycles. The number of ether oxygens (including phenoxy) is 1. The number of para-hydroxylation sites is 2. The fourth-order valence-electron chi connectivity index (χ4n) is 2.35. The van der Waals surface area contributed by atoms with Gasteiger partial charge in [-0.25, -0.2) is 0 Å². The van der Waals surface area contributed by atoms with Crippen LogP contribution in [0.25, 0.3) is 0 Å². The molecule has 0 aliphatic rings. The van der Waals surface area contributed by atoms with Crippen molar-refractivity contribution in [2.45, 2.75) is 13.3 Å². The van der Waals surface area contributed by atoms with Gasteiger partial charge < -0.3 is 15.2 Å². The molecular formula is C22H22ClNO3. The molecule has 0 heterocycles. The molecule has 0 saturated carbocycles. The van der Waals surface area contributed by atoms with Crippen molar-refractivity contribution in [1.82, 2.24) is 0 Å². The van der Waals surface area contributed by atoms with Crippen LogP contribution in [0.5, 0.6) is 11.5 Å². The predicted molar refractivity (Wildman–Crippen MR) is 110 cm³/mol. The average Bonchev–Trinajstić information content (AvgIpc) is 2.71. The number of carbonyl (C=O) groups is 1. The predicted octanol–water partition coefficient (Wildman–Crippen LogP) is 5.56. The SMILES string of the molecule is CCc1cccc(C(=O)Nc2ccc(Cl)cc2)c1O.COc1ccccc1. The number of rotatable bonds is 4. The van der Waals surface area contributed by atoms with Crippen LogP contribution in [0.4, 0.5) is 5.69 Å². The molecule has 0 radical (unpaired) electrons. The lowest BCUT2D eigenvalue weighted by Crippen LogP contribution is -2.12. The van der Waals surface area contributed by atoms with Gasteiger partial charge in [-0.3, -0.25) is 4.79 Å². The van der Waals surface area contributed by atoms with E-state index in [9.17, 15) is 9.90 Å². The van der Waals surface area contributed by atoms with E-state index in [4.69, 9.17) is 16.3 Å². The summed E-state index contributed by atoms with van der Waals surface area (Å²) in [6, 6.07) is 21.6. The molecule has 4 nitrogen and oxygen atoms in total. The van der Waals surface area contributed by atoms with Crippen molar-refractivity contribution in [3.8, 4) is 11.5 Å². The van der Waals surface area contributed by atoms with Crippen molar-refractivity contribution in [3.63, 3.8) is 0 Å². The molecule has 3 rings (SSSR count). The van der Waals surface area contributed by atoms with Crippen LogP contribution in [-0.2, 0) is 6.42 Å². The quantitative estimate of drug-likeness (QED) is 0.620. The molecule has 3 aromatic rings. The minimum Gasteiger partial charge on any atom is -0.507 e. The molecular weight excluding hydrogens is 362 g/mol. The maximum Gasteiger partial charge on any atom is 0.259 e. The van der Waals surface area contributed by atoms with Crippen LogP contribution in [0.1, 0.15) is 22.8 Å². The number of hydrogen-bond acceptors (Lipinski definition) is 3. The highest BCUT2D eigenvalue weighted by atomic mass is 35.5. The zero-order valence-electron chi connectivity index (χ0n) is 15.3. The third kappa shape index (κ3) is 6.04. The van der Waals surface area contributed by atoms with Gasteiger partial charge in [-0.05, 0) is 54.4 Å². The fraction of sp³-hybridized carbons (Fsp3) is 0.136. The molecule has 0 bridgehead atoms. The molecule has 27 heavy (non-hydrogen) atoms. The summed E-state index contributed by atoms with van der Waals surface area (Å²) in [5.41, 5.74) is 1.66. The van der Waals surface area contributed by atoms with Crippen molar-refractivity contribution in [3.05, 3.63) is 88.9 Å². The van der Waals surface area contributed by atoms with Gasteiger partial charge in [0.1, 0.15) is 11.5 Å². The first-order valence-corrected chi connectivity index (χ1v) is 8.89. The van der Waals surface area contributed by atoms with Crippen LogP contribution in [0.2, 0.25) is 5.02 Å². The highest BCUT2D eigenvalue weighted by Crippen LogP contribution is 2.24. The molecule has 0 saturated heterocycles. The molecule has 0 aliphatic heterocycles. The molecule has 2 N–H and O–H groups in total. The van der Waals surface area contributed by atoms with Gasteiger partial charge in [-0.1, -0.05) is 48.9 Å². The first kappa shape index (κ1) is 20.3. The summed E-state index contributed by atoms with van der Waals surface area (Å²) in [6.07, 6.45) is 0.675. The number of phenolic OH excluding ortho intramolecular Hbond substituents is 1. The lowest BCUT2D eigenvalue weighted by molar-refractivity contribution is 0.102. The van der Waals surface area contributed by atoms with E-state index in [2.05, 4.69) is 5.32 Å². The van der Waals surface area contributed by atoms with Crippen LogP contribution >= 0.6 is 11.6 Å². The van der Waals surface area contributed by atoms with Gasteiger partial charge >= 0.3 is 0 Å². The first-order valence-electron chi connectivity index (χ1n) is 8.52. The Bertz CT molecular complexity index is 864. The molecule has 5 heteroatoms. The monoisotopic (exact) mass is 383 g/mol. The number of halogens is 1. The minimum absolute atomic E-state index is 0.0384. The van der Waals surface area contributed by atoms with E-state index in [1.165, 1.54) is 0 Å². The van der Waals surface area contributed by atoms with Crippen LogP contribution < -0.4 is 10.1 Å². The number of aryl methyl sites for hydroxylation is 1. The highest BCUT2D eigenvalue weighted by molar-refractivity contribution is 6.30. The largest absolute Gasteiger partial charge is 0.507 e. The summed E-state index contributed by atoms with van der Waals surface area (Å²) >= 11 is 5.78. The van der Waals surface area contributed by atoms with Gasteiger partial charge in [0.25, 0.3) is 5.91 Å². The Hall–Kier alpha value is -2.98. The summed E-state index contributed by atoms with van der Waals surface area (Å²) in [5, 5.41) is 13.3. The van der Waals surface area contributed by atoms with Crippen molar-refractivity contribution in [2.24, 2.45) is 0 Å². The summed E-state index contributed by atoms with van der Waals surface area (Å²) in [6.45, 7) is 1.93. The topological polar surface area (TPSA) is 58.6 Å². The summed E-state index contributed by atoms with van der Waals surface area (Å²) in [7, 11) is 1.66. The number of hydrogen-bond donors (Lipinski definition) is 2. The van der Waals surface area contributed by atoms with Crippen LogP contribution in [-0.4, -0.2) is 18.1 Å². The molecule has 1 amide bonds. The third-order valence-corrected chi connectivity index (χ3v) is 4.08. The molecule has 0 unspecified atom stereocenters. The van der Waals surface area contributed by atoms with E-state index < -0.39 is 0 Å². The van der Waals surface area contributed by atoms with Gasteiger partial charge in [-0.2, -0.15) is 0 Å². The Morgan fingerprint density at radius 2 is 1.67 bits per heavy atom. The van der Waals surface area contributed by atoms with Gasteiger partial charge in [0, 0.05) is 10.7 Å². The van der Waals surface area contributed by atoms with Crippen LogP contribution in [0, 0.1) is 0 Å². The number of anilines is 1. The summed E-state index contributed by atoms with van der Waals surface area (Å²) < 4.78 is 4.91. The van der Waals surface area contributed by atoms with Gasteiger partial charge in [-0.15, -0.1) is 0 Å². The summed E-state index contributed by atoms with van der Waals surface area (Å²) in [4.78, 5) is 12.1. The Morgan fingerprint density at radius 1 is 1.00 bits per heavy atom.